The highest BCUT2D eigenvalue weighted by Gasteiger charge is 2.21. The van der Waals surface area contributed by atoms with Gasteiger partial charge >= 0.3 is 11.9 Å². The van der Waals surface area contributed by atoms with Gasteiger partial charge in [0.2, 0.25) is 0 Å². The normalized spacial score (nSPS) is 10.4. The number of carboxylic acid groups (broad SMARTS) is 1. The van der Waals surface area contributed by atoms with Crippen LogP contribution in [0.15, 0.2) is 6.07 Å². The minimum absolute atomic E-state index is 0.100. The van der Waals surface area contributed by atoms with E-state index in [1.165, 1.54) is 13.2 Å². The van der Waals surface area contributed by atoms with E-state index in [1.807, 2.05) is 13.8 Å². The summed E-state index contributed by atoms with van der Waals surface area (Å²) >= 11 is 0.955. The molecule has 0 amide bonds. The molecule has 1 aromatic rings. The molecule has 0 aliphatic carbocycles. The van der Waals surface area contributed by atoms with Gasteiger partial charge in [-0.25, -0.2) is 9.59 Å². The zero-order valence-corrected chi connectivity index (χ0v) is 9.55. The number of ether oxygens (including phenoxy) is 1. The van der Waals surface area contributed by atoms with Gasteiger partial charge in [0.05, 0.1) is 7.11 Å². The molecule has 0 saturated heterocycles. The van der Waals surface area contributed by atoms with Crippen molar-refractivity contribution in [1.82, 2.24) is 0 Å². The van der Waals surface area contributed by atoms with Gasteiger partial charge in [0.1, 0.15) is 9.75 Å². The van der Waals surface area contributed by atoms with E-state index in [-0.39, 0.29) is 10.8 Å². The van der Waals surface area contributed by atoms with Crippen molar-refractivity contribution in [3.05, 3.63) is 21.4 Å². The third-order valence-electron chi connectivity index (χ3n) is 1.96. The van der Waals surface area contributed by atoms with E-state index in [4.69, 9.17) is 5.11 Å². The minimum atomic E-state index is -1.02. The number of rotatable bonds is 3. The fraction of sp³-hybridized carbons (Fsp3) is 0.400. The fourth-order valence-electron chi connectivity index (χ4n) is 1.19. The van der Waals surface area contributed by atoms with Gasteiger partial charge in [-0.05, 0) is 17.5 Å². The van der Waals surface area contributed by atoms with Crippen LogP contribution in [0.4, 0.5) is 0 Å². The van der Waals surface area contributed by atoms with Crippen LogP contribution in [0.1, 0.15) is 44.7 Å². The van der Waals surface area contributed by atoms with E-state index in [2.05, 4.69) is 4.74 Å². The zero-order chi connectivity index (χ0) is 11.6. The summed E-state index contributed by atoms with van der Waals surface area (Å²) in [6, 6.07) is 1.53. The van der Waals surface area contributed by atoms with Gasteiger partial charge < -0.3 is 9.84 Å². The highest BCUT2D eigenvalue weighted by Crippen LogP contribution is 2.29. The van der Waals surface area contributed by atoms with E-state index >= 15 is 0 Å². The second kappa shape index (κ2) is 4.44. The van der Waals surface area contributed by atoms with Crippen molar-refractivity contribution in [3.63, 3.8) is 0 Å². The molecule has 0 spiro atoms. The van der Waals surface area contributed by atoms with Gasteiger partial charge in [-0.1, -0.05) is 13.8 Å². The number of aromatic carboxylic acids is 1. The first-order valence-electron chi connectivity index (χ1n) is 4.42. The molecule has 1 aromatic heterocycles. The topological polar surface area (TPSA) is 63.6 Å². The third-order valence-corrected chi connectivity index (χ3v) is 3.08. The van der Waals surface area contributed by atoms with Crippen LogP contribution in [0.5, 0.6) is 0 Å². The quantitative estimate of drug-likeness (QED) is 0.806. The minimum Gasteiger partial charge on any atom is -0.477 e. The standard InChI is InChI=1S/C10H12O4S/c1-5(2)6-4-7(9(11)12)15-8(6)10(13)14-3/h4-5H,1-3H3,(H,11,12). The number of carboxylic acids is 1. The van der Waals surface area contributed by atoms with E-state index in [0.717, 1.165) is 16.9 Å². The van der Waals surface area contributed by atoms with E-state index in [1.54, 1.807) is 0 Å². The third kappa shape index (κ3) is 2.36. The number of hydrogen-bond donors (Lipinski definition) is 1. The maximum Gasteiger partial charge on any atom is 0.348 e. The predicted octanol–water partition coefficient (Wildman–Crippen LogP) is 2.36. The predicted molar refractivity (Wildman–Crippen MR) is 56.7 cm³/mol. The summed E-state index contributed by atoms with van der Waals surface area (Å²) in [7, 11) is 1.28. The lowest BCUT2D eigenvalue weighted by Gasteiger charge is -2.04. The molecule has 0 unspecified atom stereocenters. The molecule has 0 radical (unpaired) electrons. The molecule has 1 heterocycles. The maximum atomic E-state index is 11.4. The van der Waals surface area contributed by atoms with Crippen molar-refractivity contribution >= 4 is 23.3 Å². The van der Waals surface area contributed by atoms with Crippen molar-refractivity contribution in [1.29, 1.82) is 0 Å². The second-order valence-corrected chi connectivity index (χ2v) is 4.40. The van der Waals surface area contributed by atoms with Crippen molar-refractivity contribution in [3.8, 4) is 0 Å². The van der Waals surface area contributed by atoms with Crippen molar-refractivity contribution in [2.45, 2.75) is 19.8 Å². The van der Waals surface area contributed by atoms with Crippen LogP contribution in [-0.4, -0.2) is 24.2 Å². The zero-order valence-electron chi connectivity index (χ0n) is 8.73. The van der Waals surface area contributed by atoms with Crippen LogP contribution in [-0.2, 0) is 4.74 Å². The Morgan fingerprint density at radius 3 is 2.47 bits per heavy atom. The lowest BCUT2D eigenvalue weighted by atomic mass is 10.0. The Kier molecular flexibility index (Phi) is 3.47. The van der Waals surface area contributed by atoms with Crippen molar-refractivity contribution in [2.24, 2.45) is 0 Å². The molecule has 0 aromatic carbocycles. The molecule has 4 nitrogen and oxygen atoms in total. The fourth-order valence-corrected chi connectivity index (χ4v) is 2.26. The van der Waals surface area contributed by atoms with Gasteiger partial charge in [-0.2, -0.15) is 0 Å². The molecule has 15 heavy (non-hydrogen) atoms. The number of methoxy groups -OCH3 is 1. The molecule has 5 heteroatoms. The van der Waals surface area contributed by atoms with Crippen LogP contribution >= 0.6 is 11.3 Å². The Morgan fingerprint density at radius 2 is 2.07 bits per heavy atom. The smallest absolute Gasteiger partial charge is 0.348 e. The van der Waals surface area contributed by atoms with Gasteiger partial charge in [0.15, 0.2) is 0 Å². The van der Waals surface area contributed by atoms with Gasteiger partial charge in [0, 0.05) is 0 Å². The summed E-state index contributed by atoms with van der Waals surface area (Å²) in [5, 5.41) is 8.82. The van der Waals surface area contributed by atoms with Crippen molar-refractivity contribution < 1.29 is 19.4 Å². The SMILES string of the molecule is COC(=O)c1sc(C(=O)O)cc1C(C)C. The molecule has 0 saturated carbocycles. The molecule has 0 aliphatic heterocycles. The van der Waals surface area contributed by atoms with E-state index in [9.17, 15) is 9.59 Å². The summed E-state index contributed by atoms with van der Waals surface area (Å²) in [6.45, 7) is 3.81. The number of esters is 1. The second-order valence-electron chi connectivity index (χ2n) is 3.35. The molecule has 0 bridgehead atoms. The van der Waals surface area contributed by atoms with Crippen LogP contribution in [0.3, 0.4) is 0 Å². The maximum absolute atomic E-state index is 11.4. The average Bonchev–Trinajstić information content (AvgIpc) is 2.61. The van der Waals surface area contributed by atoms with E-state index < -0.39 is 11.9 Å². The van der Waals surface area contributed by atoms with Gasteiger partial charge in [-0.15, -0.1) is 11.3 Å². The Morgan fingerprint density at radius 1 is 1.47 bits per heavy atom. The van der Waals surface area contributed by atoms with Crippen molar-refractivity contribution in [2.75, 3.05) is 7.11 Å². The molecule has 0 aliphatic rings. The first kappa shape index (κ1) is 11.7. The van der Waals surface area contributed by atoms with Gasteiger partial charge in [0.25, 0.3) is 0 Å². The molecular weight excluding hydrogens is 216 g/mol. The monoisotopic (exact) mass is 228 g/mol. The molecule has 82 valence electrons. The largest absolute Gasteiger partial charge is 0.477 e. The lowest BCUT2D eigenvalue weighted by Crippen LogP contribution is -2.02. The van der Waals surface area contributed by atoms with Crippen LogP contribution in [0.2, 0.25) is 0 Å². The first-order chi connectivity index (χ1) is 6.97. The highest BCUT2D eigenvalue weighted by atomic mass is 32.1. The van der Waals surface area contributed by atoms with Crippen LogP contribution in [0, 0.1) is 0 Å². The number of thiophene rings is 1. The van der Waals surface area contributed by atoms with Crippen LogP contribution < -0.4 is 0 Å². The lowest BCUT2D eigenvalue weighted by molar-refractivity contribution is 0.0604. The summed E-state index contributed by atoms with van der Waals surface area (Å²) < 4.78 is 4.60. The summed E-state index contributed by atoms with van der Waals surface area (Å²) in [5.74, 6) is -1.39. The van der Waals surface area contributed by atoms with Gasteiger partial charge in [-0.3, -0.25) is 0 Å². The average molecular weight is 228 g/mol. The molecule has 0 fully saturated rings. The van der Waals surface area contributed by atoms with Crippen LogP contribution in [0.25, 0.3) is 0 Å². The Bertz CT molecular complexity index is 392. The number of carbonyl (C=O) groups excluding carboxylic acids is 1. The summed E-state index contributed by atoms with van der Waals surface area (Å²) in [6.07, 6.45) is 0. The molecular formula is C10H12O4S. The van der Waals surface area contributed by atoms with E-state index in [0.29, 0.717) is 4.88 Å². The molecule has 1 N–H and O–H groups in total. The molecule has 0 atom stereocenters. The summed E-state index contributed by atoms with van der Waals surface area (Å²) in [4.78, 5) is 22.7. The number of carbonyl (C=O) groups is 2. The first-order valence-corrected chi connectivity index (χ1v) is 5.24. The Labute approximate surface area is 91.5 Å². The summed E-state index contributed by atoms with van der Waals surface area (Å²) in [5.41, 5.74) is 0.726. The number of hydrogen-bond acceptors (Lipinski definition) is 4. The Hall–Kier alpha value is -1.36. The highest BCUT2D eigenvalue weighted by molar-refractivity contribution is 7.16. The Balaban J connectivity index is 3.23. The molecule has 1 rings (SSSR count).